The van der Waals surface area contributed by atoms with Crippen molar-refractivity contribution < 1.29 is 9.26 Å². The number of aromatic nitrogens is 2. The van der Waals surface area contributed by atoms with E-state index in [9.17, 15) is 0 Å². The van der Waals surface area contributed by atoms with Crippen molar-refractivity contribution in [2.45, 2.75) is 45.8 Å². The molecule has 1 saturated carbocycles. The minimum atomic E-state index is 0.309. The second-order valence-corrected chi connectivity index (χ2v) is 5.37. The van der Waals surface area contributed by atoms with E-state index in [1.54, 1.807) is 0 Å². The molecule has 2 aromatic rings. The number of ether oxygens (including phenoxy) is 1. The SMILES string of the molecule is Cc1cc(CN)cc(C)c1OCc1nc(C2CC2)no1. The van der Waals surface area contributed by atoms with Gasteiger partial charge in [0, 0.05) is 12.5 Å². The van der Waals surface area contributed by atoms with Gasteiger partial charge in [-0.25, -0.2) is 0 Å². The maximum absolute atomic E-state index is 5.83. The van der Waals surface area contributed by atoms with Crippen molar-refractivity contribution in [1.29, 1.82) is 0 Å². The lowest BCUT2D eigenvalue weighted by atomic mass is 10.1. The number of hydrogen-bond donors (Lipinski definition) is 1. The Balaban J connectivity index is 1.70. The summed E-state index contributed by atoms with van der Waals surface area (Å²) >= 11 is 0. The van der Waals surface area contributed by atoms with Gasteiger partial charge in [-0.3, -0.25) is 0 Å². The fourth-order valence-corrected chi connectivity index (χ4v) is 2.35. The van der Waals surface area contributed by atoms with E-state index in [0.29, 0.717) is 25.0 Å². The molecule has 0 aliphatic heterocycles. The van der Waals surface area contributed by atoms with Crippen LogP contribution in [0.15, 0.2) is 16.7 Å². The maximum Gasteiger partial charge on any atom is 0.264 e. The molecule has 106 valence electrons. The molecule has 0 bridgehead atoms. The van der Waals surface area contributed by atoms with Crippen LogP contribution in [-0.4, -0.2) is 10.1 Å². The largest absolute Gasteiger partial charge is 0.483 e. The predicted molar refractivity (Wildman–Crippen MR) is 74.4 cm³/mol. The van der Waals surface area contributed by atoms with Crippen molar-refractivity contribution in [3.05, 3.63) is 40.5 Å². The van der Waals surface area contributed by atoms with Crippen molar-refractivity contribution in [1.82, 2.24) is 10.1 Å². The van der Waals surface area contributed by atoms with Gasteiger partial charge in [-0.2, -0.15) is 4.98 Å². The molecule has 1 aliphatic carbocycles. The minimum absolute atomic E-state index is 0.309. The van der Waals surface area contributed by atoms with Gasteiger partial charge in [0.05, 0.1) is 0 Å². The fourth-order valence-electron chi connectivity index (χ4n) is 2.35. The highest BCUT2D eigenvalue weighted by atomic mass is 16.5. The molecule has 1 aliphatic rings. The molecule has 0 radical (unpaired) electrons. The summed E-state index contributed by atoms with van der Waals surface area (Å²) in [6.07, 6.45) is 2.33. The minimum Gasteiger partial charge on any atom is -0.483 e. The van der Waals surface area contributed by atoms with Gasteiger partial charge in [0.15, 0.2) is 12.4 Å². The quantitative estimate of drug-likeness (QED) is 0.906. The van der Waals surface area contributed by atoms with Gasteiger partial charge in [0.25, 0.3) is 5.89 Å². The Kier molecular flexibility index (Phi) is 3.44. The molecule has 20 heavy (non-hydrogen) atoms. The third kappa shape index (κ3) is 2.67. The Morgan fingerprint density at radius 1 is 1.30 bits per heavy atom. The monoisotopic (exact) mass is 273 g/mol. The van der Waals surface area contributed by atoms with Crippen LogP contribution >= 0.6 is 0 Å². The smallest absolute Gasteiger partial charge is 0.264 e. The third-order valence-electron chi connectivity index (χ3n) is 3.52. The van der Waals surface area contributed by atoms with Crippen molar-refractivity contribution in [3.8, 4) is 5.75 Å². The normalized spacial score (nSPS) is 14.6. The lowest BCUT2D eigenvalue weighted by Gasteiger charge is -2.12. The van der Waals surface area contributed by atoms with E-state index in [4.69, 9.17) is 15.0 Å². The lowest BCUT2D eigenvalue weighted by molar-refractivity contribution is 0.240. The van der Waals surface area contributed by atoms with Crippen LogP contribution in [0.1, 0.15) is 47.2 Å². The second-order valence-electron chi connectivity index (χ2n) is 5.37. The van der Waals surface area contributed by atoms with E-state index < -0.39 is 0 Å². The number of rotatable bonds is 5. The van der Waals surface area contributed by atoms with E-state index in [1.807, 2.05) is 26.0 Å². The van der Waals surface area contributed by atoms with Gasteiger partial charge < -0.3 is 15.0 Å². The number of benzene rings is 1. The summed E-state index contributed by atoms with van der Waals surface area (Å²) in [7, 11) is 0. The van der Waals surface area contributed by atoms with Gasteiger partial charge in [0.2, 0.25) is 0 Å². The Hall–Kier alpha value is -1.88. The second kappa shape index (κ2) is 5.25. The molecule has 5 nitrogen and oxygen atoms in total. The van der Waals surface area contributed by atoms with Crippen molar-refractivity contribution in [3.63, 3.8) is 0 Å². The molecule has 2 N–H and O–H groups in total. The zero-order chi connectivity index (χ0) is 14.1. The van der Waals surface area contributed by atoms with E-state index >= 15 is 0 Å². The average Bonchev–Trinajstić information content (AvgIpc) is 3.17. The third-order valence-corrected chi connectivity index (χ3v) is 3.52. The Morgan fingerprint density at radius 2 is 2.00 bits per heavy atom. The van der Waals surface area contributed by atoms with Crippen LogP contribution < -0.4 is 10.5 Å². The van der Waals surface area contributed by atoms with Crippen molar-refractivity contribution in [2.24, 2.45) is 5.73 Å². The number of aryl methyl sites for hydroxylation is 2. The Labute approximate surface area is 118 Å². The molecule has 0 amide bonds. The molecule has 1 aromatic heterocycles. The zero-order valence-electron chi connectivity index (χ0n) is 11.8. The number of nitrogens with zero attached hydrogens (tertiary/aromatic N) is 2. The first-order valence-electron chi connectivity index (χ1n) is 6.93. The highest BCUT2D eigenvalue weighted by Crippen LogP contribution is 2.38. The molecule has 1 heterocycles. The lowest BCUT2D eigenvalue weighted by Crippen LogP contribution is -2.02. The van der Waals surface area contributed by atoms with Gasteiger partial charge in [-0.1, -0.05) is 17.3 Å². The van der Waals surface area contributed by atoms with Crippen LogP contribution in [0.5, 0.6) is 5.75 Å². The average molecular weight is 273 g/mol. The first-order chi connectivity index (χ1) is 9.67. The molecular formula is C15H19N3O2. The summed E-state index contributed by atoms with van der Waals surface area (Å²) in [6.45, 7) is 4.88. The highest BCUT2D eigenvalue weighted by molar-refractivity contribution is 5.43. The molecule has 5 heteroatoms. The van der Waals surface area contributed by atoms with Crippen molar-refractivity contribution >= 4 is 0 Å². The summed E-state index contributed by atoms with van der Waals surface area (Å²) in [5, 5.41) is 3.98. The van der Waals surface area contributed by atoms with Crippen LogP contribution in [0.2, 0.25) is 0 Å². The zero-order valence-corrected chi connectivity index (χ0v) is 11.8. The molecule has 0 atom stereocenters. The Bertz CT molecular complexity index is 594. The molecule has 1 fully saturated rings. The maximum atomic E-state index is 5.83. The summed E-state index contributed by atoms with van der Waals surface area (Å²) in [5.41, 5.74) is 8.93. The molecule has 0 unspecified atom stereocenters. The van der Waals surface area contributed by atoms with Gasteiger partial charge >= 0.3 is 0 Å². The molecular weight excluding hydrogens is 254 g/mol. The molecule has 3 rings (SSSR count). The molecule has 0 spiro atoms. The summed E-state index contributed by atoms with van der Waals surface area (Å²) in [6, 6.07) is 4.09. The standard InChI is InChI=1S/C15H19N3O2/c1-9-5-11(7-16)6-10(2)14(9)19-8-13-17-15(18-20-13)12-3-4-12/h5-6,12H,3-4,7-8,16H2,1-2H3. The predicted octanol–water partition coefficient (Wildman–Crippen LogP) is 2.60. The summed E-state index contributed by atoms with van der Waals surface area (Å²) in [4.78, 5) is 4.36. The Morgan fingerprint density at radius 3 is 2.60 bits per heavy atom. The van der Waals surface area contributed by atoms with Crippen LogP contribution in [0, 0.1) is 13.8 Å². The first kappa shape index (κ1) is 13.1. The van der Waals surface area contributed by atoms with Crippen molar-refractivity contribution in [2.75, 3.05) is 0 Å². The van der Waals surface area contributed by atoms with E-state index in [-0.39, 0.29) is 0 Å². The highest BCUT2D eigenvalue weighted by Gasteiger charge is 2.28. The van der Waals surface area contributed by atoms with Crippen LogP contribution in [0.4, 0.5) is 0 Å². The fraction of sp³-hybridized carbons (Fsp3) is 0.467. The molecule has 1 aromatic carbocycles. The van der Waals surface area contributed by atoms with E-state index in [2.05, 4.69) is 10.1 Å². The van der Waals surface area contributed by atoms with E-state index in [0.717, 1.165) is 28.3 Å². The van der Waals surface area contributed by atoms with Gasteiger partial charge in [0.1, 0.15) is 5.75 Å². The van der Waals surface area contributed by atoms with Gasteiger partial charge in [-0.05, 0) is 43.4 Å². The topological polar surface area (TPSA) is 74.2 Å². The van der Waals surface area contributed by atoms with E-state index in [1.165, 1.54) is 12.8 Å². The summed E-state index contributed by atoms with van der Waals surface area (Å²) < 4.78 is 11.0. The summed E-state index contributed by atoms with van der Waals surface area (Å²) in [5.74, 6) is 2.72. The van der Waals surface area contributed by atoms with Crippen LogP contribution in [-0.2, 0) is 13.2 Å². The van der Waals surface area contributed by atoms with Gasteiger partial charge in [-0.15, -0.1) is 0 Å². The number of nitrogens with two attached hydrogens (primary N) is 1. The van der Waals surface area contributed by atoms with Crippen LogP contribution in [0.25, 0.3) is 0 Å². The molecule has 0 saturated heterocycles. The van der Waals surface area contributed by atoms with Crippen LogP contribution in [0.3, 0.4) is 0 Å². The number of hydrogen-bond acceptors (Lipinski definition) is 5. The first-order valence-corrected chi connectivity index (χ1v) is 6.93.